The topological polar surface area (TPSA) is 56.0 Å². The summed E-state index contributed by atoms with van der Waals surface area (Å²) >= 11 is 0. The molecule has 0 amide bonds. The number of likely N-dealkylation sites (N-methyl/N-ethyl adjacent to an activating group) is 2. The number of piperazine rings is 1. The van der Waals surface area contributed by atoms with E-state index in [1.165, 1.54) is 0 Å². The van der Waals surface area contributed by atoms with E-state index in [0.717, 1.165) is 44.4 Å². The SMILES string of the molecule is CCNC(=NCc1ccco1)NCC1CN(C)CCN1C. The van der Waals surface area contributed by atoms with Crippen LogP contribution in [0, 0.1) is 0 Å². The number of rotatable bonds is 5. The van der Waals surface area contributed by atoms with Gasteiger partial charge in [0.25, 0.3) is 0 Å². The van der Waals surface area contributed by atoms with E-state index in [9.17, 15) is 0 Å². The minimum atomic E-state index is 0.510. The van der Waals surface area contributed by atoms with E-state index >= 15 is 0 Å². The van der Waals surface area contributed by atoms with Gasteiger partial charge in [-0.1, -0.05) is 0 Å². The molecule has 0 saturated carbocycles. The Kier molecular flexibility index (Phi) is 6.07. The molecule has 1 aromatic heterocycles. The quantitative estimate of drug-likeness (QED) is 0.614. The zero-order valence-corrected chi connectivity index (χ0v) is 13.3. The van der Waals surface area contributed by atoms with Crippen molar-refractivity contribution in [3.63, 3.8) is 0 Å². The zero-order chi connectivity index (χ0) is 15.1. The number of hydrogen-bond acceptors (Lipinski definition) is 4. The van der Waals surface area contributed by atoms with E-state index in [4.69, 9.17) is 4.42 Å². The Morgan fingerprint density at radius 3 is 2.95 bits per heavy atom. The first kappa shape index (κ1) is 15.9. The van der Waals surface area contributed by atoms with Crippen LogP contribution in [-0.2, 0) is 6.54 Å². The van der Waals surface area contributed by atoms with E-state index in [1.54, 1.807) is 6.26 Å². The number of nitrogens with one attached hydrogen (secondary N) is 2. The first-order chi connectivity index (χ1) is 10.2. The molecule has 6 heteroatoms. The van der Waals surface area contributed by atoms with E-state index in [2.05, 4.69) is 46.4 Å². The van der Waals surface area contributed by atoms with Crippen molar-refractivity contribution in [2.45, 2.75) is 19.5 Å². The third-order valence-corrected chi connectivity index (χ3v) is 3.80. The molecule has 0 aromatic carbocycles. The number of hydrogen-bond donors (Lipinski definition) is 2. The van der Waals surface area contributed by atoms with Gasteiger partial charge in [0.15, 0.2) is 5.96 Å². The number of nitrogens with zero attached hydrogens (tertiary/aromatic N) is 3. The number of aliphatic imine (C=N–C) groups is 1. The fourth-order valence-corrected chi connectivity index (χ4v) is 2.44. The molecule has 0 spiro atoms. The van der Waals surface area contributed by atoms with Crippen LogP contribution in [0.2, 0.25) is 0 Å². The lowest BCUT2D eigenvalue weighted by Crippen LogP contribution is -2.55. The summed E-state index contributed by atoms with van der Waals surface area (Å²) in [6.45, 7) is 7.71. The van der Waals surface area contributed by atoms with Crippen LogP contribution in [-0.4, -0.2) is 68.6 Å². The Hall–Kier alpha value is -1.53. The lowest BCUT2D eigenvalue weighted by molar-refractivity contribution is 0.116. The van der Waals surface area contributed by atoms with Gasteiger partial charge in [-0.3, -0.25) is 4.90 Å². The van der Waals surface area contributed by atoms with Crippen molar-refractivity contribution in [2.24, 2.45) is 4.99 Å². The van der Waals surface area contributed by atoms with Gasteiger partial charge >= 0.3 is 0 Å². The fraction of sp³-hybridized carbons (Fsp3) is 0.667. The molecule has 1 unspecified atom stereocenters. The summed E-state index contributed by atoms with van der Waals surface area (Å²) in [5.41, 5.74) is 0. The molecular weight excluding hydrogens is 266 g/mol. The van der Waals surface area contributed by atoms with Crippen LogP contribution in [0.4, 0.5) is 0 Å². The molecule has 118 valence electrons. The van der Waals surface area contributed by atoms with Crippen molar-refractivity contribution in [2.75, 3.05) is 46.8 Å². The van der Waals surface area contributed by atoms with Crippen molar-refractivity contribution in [3.8, 4) is 0 Å². The molecule has 21 heavy (non-hydrogen) atoms. The van der Waals surface area contributed by atoms with Gasteiger partial charge in [-0.2, -0.15) is 0 Å². The molecule has 6 nitrogen and oxygen atoms in total. The number of guanidine groups is 1. The summed E-state index contributed by atoms with van der Waals surface area (Å²) in [6, 6.07) is 4.34. The number of furan rings is 1. The van der Waals surface area contributed by atoms with Crippen LogP contribution < -0.4 is 10.6 Å². The predicted octanol–water partition coefficient (Wildman–Crippen LogP) is 0.581. The summed E-state index contributed by atoms with van der Waals surface area (Å²) in [4.78, 5) is 9.33. The Morgan fingerprint density at radius 1 is 1.38 bits per heavy atom. The molecule has 0 aliphatic carbocycles. The first-order valence-electron chi connectivity index (χ1n) is 7.62. The molecule has 1 aromatic rings. The molecule has 0 bridgehead atoms. The predicted molar refractivity (Wildman–Crippen MR) is 85.4 cm³/mol. The highest BCUT2D eigenvalue weighted by molar-refractivity contribution is 5.79. The lowest BCUT2D eigenvalue weighted by atomic mass is 10.2. The van der Waals surface area contributed by atoms with Gasteiger partial charge in [0, 0.05) is 38.8 Å². The van der Waals surface area contributed by atoms with Crippen LogP contribution in [0.5, 0.6) is 0 Å². The van der Waals surface area contributed by atoms with E-state index < -0.39 is 0 Å². The van der Waals surface area contributed by atoms with E-state index in [-0.39, 0.29) is 0 Å². The van der Waals surface area contributed by atoms with Crippen LogP contribution in [0.3, 0.4) is 0 Å². The smallest absolute Gasteiger partial charge is 0.191 e. The highest BCUT2D eigenvalue weighted by atomic mass is 16.3. The Balaban J connectivity index is 1.85. The minimum Gasteiger partial charge on any atom is -0.467 e. The maximum atomic E-state index is 5.31. The largest absolute Gasteiger partial charge is 0.467 e. The molecule has 0 radical (unpaired) electrons. The zero-order valence-electron chi connectivity index (χ0n) is 13.3. The second kappa shape index (κ2) is 8.05. The third kappa shape index (κ3) is 5.06. The normalized spacial score (nSPS) is 21.5. The maximum absolute atomic E-state index is 5.31. The van der Waals surface area contributed by atoms with Crippen molar-refractivity contribution >= 4 is 5.96 Å². The van der Waals surface area contributed by atoms with Gasteiger partial charge in [-0.05, 0) is 33.2 Å². The second-order valence-corrected chi connectivity index (χ2v) is 5.55. The molecule has 1 aliphatic heterocycles. The average molecular weight is 293 g/mol. The van der Waals surface area contributed by atoms with Crippen molar-refractivity contribution < 1.29 is 4.42 Å². The highest BCUT2D eigenvalue weighted by Gasteiger charge is 2.21. The molecular formula is C15H27N5O. The third-order valence-electron chi connectivity index (χ3n) is 3.80. The standard InChI is InChI=1S/C15H27N5O/c1-4-16-15(18-11-14-6-5-9-21-14)17-10-13-12-19(2)7-8-20(13)3/h5-6,9,13H,4,7-8,10-12H2,1-3H3,(H2,16,17,18). The summed E-state index contributed by atoms with van der Waals surface area (Å²) in [7, 11) is 4.36. The van der Waals surface area contributed by atoms with Crippen molar-refractivity contribution in [1.82, 2.24) is 20.4 Å². The minimum absolute atomic E-state index is 0.510. The van der Waals surface area contributed by atoms with Gasteiger partial charge in [0.05, 0.1) is 6.26 Å². The van der Waals surface area contributed by atoms with Gasteiger partial charge < -0.3 is 20.0 Å². The molecule has 1 aliphatic rings. The van der Waals surface area contributed by atoms with Crippen molar-refractivity contribution in [1.29, 1.82) is 0 Å². The Bertz CT molecular complexity index is 431. The van der Waals surface area contributed by atoms with Crippen LogP contribution in [0.15, 0.2) is 27.8 Å². The van der Waals surface area contributed by atoms with Gasteiger partial charge in [-0.15, -0.1) is 0 Å². The fourth-order valence-electron chi connectivity index (χ4n) is 2.44. The first-order valence-corrected chi connectivity index (χ1v) is 7.62. The second-order valence-electron chi connectivity index (χ2n) is 5.55. The monoisotopic (exact) mass is 293 g/mol. The van der Waals surface area contributed by atoms with Crippen LogP contribution >= 0.6 is 0 Å². The summed E-state index contributed by atoms with van der Waals surface area (Å²) in [5, 5.41) is 6.71. The Labute approximate surface area is 127 Å². The molecule has 1 fully saturated rings. The molecule has 1 atom stereocenters. The molecule has 1 saturated heterocycles. The van der Waals surface area contributed by atoms with Gasteiger partial charge in [0.1, 0.15) is 12.3 Å². The maximum Gasteiger partial charge on any atom is 0.191 e. The van der Waals surface area contributed by atoms with Gasteiger partial charge in [-0.25, -0.2) is 4.99 Å². The van der Waals surface area contributed by atoms with E-state index in [0.29, 0.717) is 12.6 Å². The molecule has 2 N–H and O–H groups in total. The summed E-state index contributed by atoms with van der Waals surface area (Å²) < 4.78 is 5.31. The Morgan fingerprint density at radius 2 is 2.24 bits per heavy atom. The highest BCUT2D eigenvalue weighted by Crippen LogP contribution is 2.05. The lowest BCUT2D eigenvalue weighted by Gasteiger charge is -2.37. The van der Waals surface area contributed by atoms with Crippen molar-refractivity contribution in [3.05, 3.63) is 24.2 Å². The van der Waals surface area contributed by atoms with Gasteiger partial charge in [0.2, 0.25) is 0 Å². The van der Waals surface area contributed by atoms with E-state index in [1.807, 2.05) is 12.1 Å². The van der Waals surface area contributed by atoms with Crippen LogP contribution in [0.25, 0.3) is 0 Å². The molecule has 2 rings (SSSR count). The van der Waals surface area contributed by atoms with Crippen LogP contribution in [0.1, 0.15) is 12.7 Å². The summed E-state index contributed by atoms with van der Waals surface area (Å²) in [5.74, 6) is 1.72. The summed E-state index contributed by atoms with van der Waals surface area (Å²) in [6.07, 6.45) is 1.68. The molecule has 2 heterocycles. The average Bonchev–Trinajstić information content (AvgIpc) is 2.98.